The molecular formula is C27H22IN3O3. The molecule has 2 aromatic heterocycles. The number of carboxylic acids is 1. The number of hydrogen-bond acceptors (Lipinski definition) is 3. The minimum absolute atomic E-state index is 0.286. The summed E-state index contributed by atoms with van der Waals surface area (Å²) in [5.41, 5.74) is 6.91. The Morgan fingerprint density at radius 3 is 2.50 bits per heavy atom. The third kappa shape index (κ3) is 3.59. The average Bonchev–Trinajstić information content (AvgIpc) is 3.45. The molecule has 1 fully saturated rings. The van der Waals surface area contributed by atoms with Crippen molar-refractivity contribution in [2.75, 3.05) is 13.2 Å². The average molecular weight is 563 g/mol. The number of hydrogen-bond donors (Lipinski definition) is 2. The second-order valence-electron chi connectivity index (χ2n) is 8.67. The molecule has 0 radical (unpaired) electrons. The largest absolute Gasteiger partial charge is 0.478 e. The van der Waals surface area contributed by atoms with Crippen LogP contribution in [-0.2, 0) is 4.74 Å². The second-order valence-corrected chi connectivity index (χ2v) is 9.91. The number of aromatic amines is 1. The van der Waals surface area contributed by atoms with Gasteiger partial charge in [0.15, 0.2) is 0 Å². The Morgan fingerprint density at radius 1 is 1.06 bits per heavy atom. The molecule has 6 nitrogen and oxygen atoms in total. The Bertz CT molecular complexity index is 1510. The highest BCUT2D eigenvalue weighted by Crippen LogP contribution is 2.44. The molecule has 2 N–H and O–H groups in total. The maximum atomic E-state index is 11.5. The van der Waals surface area contributed by atoms with Crippen LogP contribution in [0.25, 0.3) is 38.6 Å². The van der Waals surface area contributed by atoms with E-state index in [1.807, 2.05) is 18.3 Å². The Morgan fingerprint density at radius 2 is 1.79 bits per heavy atom. The van der Waals surface area contributed by atoms with Crippen LogP contribution in [0.1, 0.15) is 34.8 Å². The summed E-state index contributed by atoms with van der Waals surface area (Å²) in [5, 5.41) is 19.0. The molecule has 0 bridgehead atoms. The third-order valence-electron chi connectivity index (χ3n) is 6.68. The summed E-state index contributed by atoms with van der Waals surface area (Å²) in [6, 6.07) is 20.2. The normalized spacial score (nSPS) is 14.7. The highest BCUT2D eigenvalue weighted by Gasteiger charge is 2.28. The van der Waals surface area contributed by atoms with Gasteiger partial charge >= 0.3 is 5.97 Å². The van der Waals surface area contributed by atoms with Crippen molar-refractivity contribution in [2.24, 2.45) is 0 Å². The van der Waals surface area contributed by atoms with Crippen LogP contribution in [0.5, 0.6) is 0 Å². The highest BCUT2D eigenvalue weighted by atomic mass is 127. The lowest BCUT2D eigenvalue weighted by Gasteiger charge is -2.26. The van der Waals surface area contributed by atoms with Gasteiger partial charge in [0.25, 0.3) is 0 Å². The van der Waals surface area contributed by atoms with Gasteiger partial charge in [-0.1, -0.05) is 12.1 Å². The summed E-state index contributed by atoms with van der Waals surface area (Å²) in [5.74, 6) is -0.595. The SMILES string of the molecule is O=C(O)c1ccc(-c2c(C3CCOCC3)n(-c3ccc(I)cc3)c3cc4cn[nH]c4cc23)cc1. The van der Waals surface area contributed by atoms with Crippen LogP contribution in [0.15, 0.2) is 66.9 Å². The van der Waals surface area contributed by atoms with Gasteiger partial charge in [-0.25, -0.2) is 4.79 Å². The second kappa shape index (κ2) is 8.56. The van der Waals surface area contributed by atoms with Crippen molar-refractivity contribution < 1.29 is 14.6 Å². The fourth-order valence-corrected chi connectivity index (χ4v) is 5.41. The number of H-pyrrole nitrogens is 1. The van der Waals surface area contributed by atoms with Gasteiger partial charge in [-0.2, -0.15) is 5.10 Å². The summed E-state index contributed by atoms with van der Waals surface area (Å²) in [6.07, 6.45) is 3.75. The minimum atomic E-state index is -0.920. The number of rotatable bonds is 4. The first-order valence-electron chi connectivity index (χ1n) is 11.3. The van der Waals surface area contributed by atoms with Gasteiger partial charge in [-0.15, -0.1) is 0 Å². The molecule has 5 aromatic rings. The molecule has 0 aliphatic carbocycles. The zero-order valence-corrected chi connectivity index (χ0v) is 20.5. The number of aromatic carboxylic acids is 1. The Hall–Kier alpha value is -3.17. The molecule has 0 unspecified atom stereocenters. The summed E-state index contributed by atoms with van der Waals surface area (Å²) in [4.78, 5) is 11.5. The van der Waals surface area contributed by atoms with Gasteiger partial charge in [0.05, 0.1) is 22.8 Å². The van der Waals surface area contributed by atoms with Crippen LogP contribution < -0.4 is 0 Å². The maximum Gasteiger partial charge on any atom is 0.335 e. The van der Waals surface area contributed by atoms with Gasteiger partial charge in [0.2, 0.25) is 0 Å². The summed E-state index contributed by atoms with van der Waals surface area (Å²) in [7, 11) is 0. The molecular weight excluding hydrogens is 541 g/mol. The molecule has 0 spiro atoms. The lowest BCUT2D eigenvalue weighted by atomic mass is 9.89. The van der Waals surface area contributed by atoms with Gasteiger partial charge in [0.1, 0.15) is 0 Å². The minimum Gasteiger partial charge on any atom is -0.478 e. The molecule has 34 heavy (non-hydrogen) atoms. The zero-order valence-electron chi connectivity index (χ0n) is 18.3. The number of aromatic nitrogens is 3. The Kier molecular flexibility index (Phi) is 5.38. The van der Waals surface area contributed by atoms with E-state index in [1.165, 1.54) is 9.26 Å². The maximum absolute atomic E-state index is 11.5. The van der Waals surface area contributed by atoms with Crippen molar-refractivity contribution in [1.29, 1.82) is 0 Å². The Labute approximate surface area is 209 Å². The fourth-order valence-electron chi connectivity index (χ4n) is 5.05. The van der Waals surface area contributed by atoms with E-state index < -0.39 is 5.97 Å². The molecule has 3 aromatic carbocycles. The van der Waals surface area contributed by atoms with Gasteiger partial charge in [0, 0.05) is 50.4 Å². The highest BCUT2D eigenvalue weighted by molar-refractivity contribution is 14.1. The van der Waals surface area contributed by atoms with E-state index in [-0.39, 0.29) is 5.56 Å². The standard InChI is InChI=1S/C27H22IN3O3/c28-20-5-7-21(8-6-20)31-24-13-19-15-29-30-23(19)14-22(24)25(26(31)17-9-11-34-12-10-17)16-1-3-18(4-2-16)27(32)33/h1-8,13-15,17H,9-12H2,(H,29,30)(H,32,33). The number of nitrogens with zero attached hydrogens (tertiary/aromatic N) is 2. The van der Waals surface area contributed by atoms with Crippen LogP contribution >= 0.6 is 22.6 Å². The lowest BCUT2D eigenvalue weighted by Crippen LogP contribution is -2.17. The topological polar surface area (TPSA) is 80.1 Å². The van der Waals surface area contributed by atoms with Crippen molar-refractivity contribution in [1.82, 2.24) is 14.8 Å². The smallest absolute Gasteiger partial charge is 0.335 e. The van der Waals surface area contributed by atoms with E-state index in [2.05, 4.69) is 73.8 Å². The van der Waals surface area contributed by atoms with E-state index in [1.54, 1.807) is 12.1 Å². The van der Waals surface area contributed by atoms with Crippen molar-refractivity contribution in [3.63, 3.8) is 0 Å². The summed E-state index contributed by atoms with van der Waals surface area (Å²) in [6.45, 7) is 1.47. The molecule has 1 saturated heterocycles. The molecule has 0 atom stereocenters. The number of nitrogens with one attached hydrogen (secondary N) is 1. The zero-order chi connectivity index (χ0) is 23.2. The number of benzene rings is 3. The van der Waals surface area contributed by atoms with E-state index >= 15 is 0 Å². The Balaban J connectivity index is 1.71. The van der Waals surface area contributed by atoms with E-state index in [9.17, 15) is 9.90 Å². The van der Waals surface area contributed by atoms with Crippen molar-refractivity contribution >= 4 is 50.4 Å². The van der Waals surface area contributed by atoms with Gasteiger partial charge in [-0.05, 0) is 89.5 Å². The molecule has 0 saturated carbocycles. The predicted octanol–water partition coefficient (Wildman–Crippen LogP) is 6.37. The lowest BCUT2D eigenvalue weighted by molar-refractivity contribution is 0.0697. The molecule has 6 rings (SSSR count). The quantitative estimate of drug-likeness (QED) is 0.249. The monoisotopic (exact) mass is 563 g/mol. The number of fused-ring (bicyclic) bond motifs is 2. The molecule has 170 valence electrons. The van der Waals surface area contributed by atoms with Crippen molar-refractivity contribution in [3.8, 4) is 16.8 Å². The van der Waals surface area contributed by atoms with Crippen molar-refractivity contribution in [2.45, 2.75) is 18.8 Å². The number of carboxylic acid groups (broad SMARTS) is 1. The first-order valence-corrected chi connectivity index (χ1v) is 12.4. The van der Waals surface area contributed by atoms with E-state index in [4.69, 9.17) is 4.74 Å². The first kappa shape index (κ1) is 21.4. The van der Waals surface area contributed by atoms with E-state index in [0.717, 1.165) is 64.7 Å². The third-order valence-corrected chi connectivity index (χ3v) is 7.40. The number of carbonyl (C=O) groups is 1. The molecule has 0 amide bonds. The van der Waals surface area contributed by atoms with Crippen LogP contribution in [0.4, 0.5) is 0 Å². The summed E-state index contributed by atoms with van der Waals surface area (Å²) < 4.78 is 9.28. The van der Waals surface area contributed by atoms with Crippen LogP contribution in [0.3, 0.4) is 0 Å². The number of ether oxygens (including phenoxy) is 1. The van der Waals surface area contributed by atoms with Crippen LogP contribution in [0, 0.1) is 3.57 Å². The molecule has 7 heteroatoms. The van der Waals surface area contributed by atoms with Gasteiger partial charge in [-0.3, -0.25) is 5.10 Å². The van der Waals surface area contributed by atoms with E-state index in [0.29, 0.717) is 5.92 Å². The van der Waals surface area contributed by atoms with Crippen LogP contribution in [0.2, 0.25) is 0 Å². The predicted molar refractivity (Wildman–Crippen MR) is 141 cm³/mol. The fraction of sp³-hybridized carbons (Fsp3) is 0.185. The first-order chi connectivity index (χ1) is 16.6. The summed E-state index contributed by atoms with van der Waals surface area (Å²) >= 11 is 2.33. The van der Waals surface area contributed by atoms with Crippen molar-refractivity contribution in [3.05, 3.63) is 81.7 Å². The molecule has 3 heterocycles. The molecule has 1 aliphatic heterocycles. The van der Waals surface area contributed by atoms with Crippen LogP contribution in [-0.4, -0.2) is 39.1 Å². The van der Waals surface area contributed by atoms with Gasteiger partial charge < -0.3 is 14.4 Å². The number of halogens is 1. The molecule has 1 aliphatic rings.